The molecule has 0 amide bonds. The molecule has 2 aliphatic rings. The van der Waals surface area contributed by atoms with Crippen LogP contribution in [0.5, 0.6) is 17.2 Å². The Hall–Kier alpha value is -2.53. The van der Waals surface area contributed by atoms with E-state index in [1.165, 1.54) is 13.5 Å². The van der Waals surface area contributed by atoms with Gasteiger partial charge >= 0.3 is 0 Å². The van der Waals surface area contributed by atoms with Crippen LogP contribution in [0, 0.1) is 5.92 Å². The Bertz CT molecular complexity index is 921. The smallest absolute Gasteiger partial charge is 0.200 e. The third-order valence-electron chi connectivity index (χ3n) is 6.50. The number of carbonyl (C=O) groups is 1. The summed E-state index contributed by atoms with van der Waals surface area (Å²) in [6.45, 7) is 1.87. The fourth-order valence-electron chi connectivity index (χ4n) is 4.95. The number of ether oxygens (including phenoxy) is 3. The lowest BCUT2D eigenvalue weighted by atomic mass is 9.71. The van der Waals surface area contributed by atoms with Gasteiger partial charge in [0.15, 0.2) is 0 Å². The maximum Gasteiger partial charge on any atom is 0.200 e. The Morgan fingerprint density at radius 2 is 1.90 bits per heavy atom. The second kappa shape index (κ2) is 7.71. The molecule has 1 saturated carbocycles. The van der Waals surface area contributed by atoms with Crippen LogP contribution in [0.1, 0.15) is 59.7 Å². The molecule has 1 N–H and O–H groups in total. The van der Waals surface area contributed by atoms with Gasteiger partial charge in [-0.05, 0) is 32.6 Å². The Morgan fingerprint density at radius 3 is 2.55 bits per heavy atom. The first-order chi connectivity index (χ1) is 14.0. The SMILES string of the molecule is COc1c(CO)c(OC)c(C(=O)c2ccccc2)c2c1CC1CCCCC1(C)O2. The molecule has 0 spiro atoms. The zero-order chi connectivity index (χ0) is 20.6. The van der Waals surface area contributed by atoms with Crippen molar-refractivity contribution in [3.63, 3.8) is 0 Å². The number of hydrogen-bond acceptors (Lipinski definition) is 5. The van der Waals surface area contributed by atoms with Crippen LogP contribution in [-0.2, 0) is 13.0 Å². The molecule has 2 atom stereocenters. The minimum absolute atomic E-state index is 0.172. The fourth-order valence-corrected chi connectivity index (χ4v) is 4.95. The lowest BCUT2D eigenvalue weighted by Crippen LogP contribution is -2.47. The molecule has 0 bridgehead atoms. The van der Waals surface area contributed by atoms with E-state index in [2.05, 4.69) is 6.92 Å². The van der Waals surface area contributed by atoms with Crippen LogP contribution in [0.4, 0.5) is 0 Å². The third kappa shape index (κ3) is 3.18. The molecule has 5 nitrogen and oxygen atoms in total. The third-order valence-corrected chi connectivity index (χ3v) is 6.50. The van der Waals surface area contributed by atoms with Gasteiger partial charge in [0.2, 0.25) is 5.78 Å². The van der Waals surface area contributed by atoms with E-state index in [1.807, 2.05) is 18.2 Å². The normalized spacial score (nSPS) is 22.8. The average molecular weight is 396 g/mol. The predicted molar refractivity (Wildman–Crippen MR) is 110 cm³/mol. The van der Waals surface area contributed by atoms with Crippen LogP contribution in [-0.4, -0.2) is 30.7 Å². The summed E-state index contributed by atoms with van der Waals surface area (Å²) in [5, 5.41) is 10.1. The Labute approximate surface area is 171 Å². The lowest BCUT2D eigenvalue weighted by molar-refractivity contribution is -0.0228. The number of aliphatic hydroxyl groups is 1. The van der Waals surface area contributed by atoms with Gasteiger partial charge in [-0.25, -0.2) is 0 Å². The topological polar surface area (TPSA) is 65.0 Å². The molecule has 1 fully saturated rings. The Kier molecular flexibility index (Phi) is 5.26. The summed E-state index contributed by atoms with van der Waals surface area (Å²) >= 11 is 0. The monoisotopic (exact) mass is 396 g/mol. The van der Waals surface area contributed by atoms with Crippen molar-refractivity contribution in [2.75, 3.05) is 14.2 Å². The lowest BCUT2D eigenvalue weighted by Gasteiger charge is -2.46. The largest absolute Gasteiger partial charge is 0.496 e. The summed E-state index contributed by atoms with van der Waals surface area (Å²) in [5.41, 5.74) is 1.98. The van der Waals surface area contributed by atoms with Crippen molar-refractivity contribution in [1.29, 1.82) is 0 Å². The van der Waals surface area contributed by atoms with E-state index in [0.717, 1.165) is 31.2 Å². The number of fused-ring (bicyclic) bond motifs is 2. The van der Waals surface area contributed by atoms with Crippen LogP contribution in [0.3, 0.4) is 0 Å². The number of rotatable bonds is 5. The van der Waals surface area contributed by atoms with Gasteiger partial charge < -0.3 is 19.3 Å². The van der Waals surface area contributed by atoms with Gasteiger partial charge in [0, 0.05) is 17.0 Å². The van der Waals surface area contributed by atoms with E-state index in [0.29, 0.717) is 39.9 Å². The first-order valence-corrected chi connectivity index (χ1v) is 10.2. The number of carbonyl (C=O) groups excluding carboxylic acids is 1. The molecule has 0 radical (unpaired) electrons. The molecule has 29 heavy (non-hydrogen) atoms. The van der Waals surface area contributed by atoms with Gasteiger partial charge in [-0.2, -0.15) is 0 Å². The minimum Gasteiger partial charge on any atom is -0.496 e. The maximum atomic E-state index is 13.5. The Morgan fingerprint density at radius 1 is 1.17 bits per heavy atom. The molecule has 4 rings (SSSR count). The first kappa shape index (κ1) is 19.8. The molecule has 0 aromatic heterocycles. The van der Waals surface area contributed by atoms with Crippen molar-refractivity contribution < 1.29 is 24.1 Å². The molecule has 1 aliphatic heterocycles. The molecular weight excluding hydrogens is 368 g/mol. The summed E-state index contributed by atoms with van der Waals surface area (Å²) < 4.78 is 18.0. The second-order valence-corrected chi connectivity index (χ2v) is 8.14. The van der Waals surface area contributed by atoms with Gasteiger partial charge in [0.25, 0.3) is 0 Å². The molecule has 2 unspecified atom stereocenters. The number of ketones is 1. The molecular formula is C24H28O5. The van der Waals surface area contributed by atoms with Crippen LogP contribution in [0.25, 0.3) is 0 Å². The predicted octanol–water partition coefficient (Wildman–Crippen LogP) is 4.31. The maximum absolute atomic E-state index is 13.5. The highest BCUT2D eigenvalue weighted by Crippen LogP contribution is 2.53. The van der Waals surface area contributed by atoms with Crippen molar-refractivity contribution in [1.82, 2.24) is 0 Å². The van der Waals surface area contributed by atoms with Crippen molar-refractivity contribution in [3.8, 4) is 17.2 Å². The highest BCUT2D eigenvalue weighted by atomic mass is 16.5. The van der Waals surface area contributed by atoms with Crippen LogP contribution < -0.4 is 14.2 Å². The van der Waals surface area contributed by atoms with Crippen molar-refractivity contribution in [2.45, 2.75) is 51.2 Å². The molecule has 0 saturated heterocycles. The number of benzene rings is 2. The van der Waals surface area contributed by atoms with Crippen molar-refractivity contribution >= 4 is 5.78 Å². The number of methoxy groups -OCH3 is 2. The van der Waals surface area contributed by atoms with E-state index in [1.54, 1.807) is 19.2 Å². The van der Waals surface area contributed by atoms with Gasteiger partial charge in [0.1, 0.15) is 28.4 Å². The van der Waals surface area contributed by atoms with E-state index in [9.17, 15) is 9.90 Å². The standard InChI is InChI=1S/C24H28O5/c1-24-12-8-7-11-16(24)13-17-21(27-2)18(14-25)22(28-3)19(23(17)29-24)20(26)15-9-5-4-6-10-15/h4-6,9-10,16,25H,7-8,11-14H2,1-3H3. The summed E-state index contributed by atoms with van der Waals surface area (Å²) in [6, 6.07) is 9.11. The van der Waals surface area contributed by atoms with E-state index in [-0.39, 0.29) is 18.0 Å². The van der Waals surface area contributed by atoms with Gasteiger partial charge in [-0.3, -0.25) is 4.79 Å². The Balaban J connectivity index is 1.98. The number of aliphatic hydroxyl groups excluding tert-OH is 1. The molecule has 2 aromatic rings. The molecule has 1 heterocycles. The number of hydrogen-bond donors (Lipinski definition) is 1. The van der Waals surface area contributed by atoms with Gasteiger partial charge in [-0.1, -0.05) is 36.8 Å². The summed E-state index contributed by atoms with van der Waals surface area (Å²) in [6.07, 6.45) is 5.11. The van der Waals surface area contributed by atoms with Crippen molar-refractivity contribution in [2.24, 2.45) is 5.92 Å². The van der Waals surface area contributed by atoms with Crippen LogP contribution >= 0.6 is 0 Å². The average Bonchev–Trinajstić information content (AvgIpc) is 2.75. The minimum atomic E-state index is -0.312. The zero-order valence-corrected chi connectivity index (χ0v) is 17.3. The van der Waals surface area contributed by atoms with Gasteiger partial charge in [0.05, 0.1) is 26.4 Å². The van der Waals surface area contributed by atoms with Crippen LogP contribution in [0.15, 0.2) is 30.3 Å². The van der Waals surface area contributed by atoms with Crippen molar-refractivity contribution in [3.05, 3.63) is 52.6 Å². The van der Waals surface area contributed by atoms with E-state index >= 15 is 0 Å². The highest BCUT2D eigenvalue weighted by Gasteiger charge is 2.46. The van der Waals surface area contributed by atoms with Crippen LogP contribution in [0.2, 0.25) is 0 Å². The fraction of sp³-hybridized carbons (Fsp3) is 0.458. The van der Waals surface area contributed by atoms with E-state index in [4.69, 9.17) is 14.2 Å². The molecule has 154 valence electrons. The summed E-state index contributed by atoms with van der Waals surface area (Å²) in [7, 11) is 3.09. The quantitative estimate of drug-likeness (QED) is 0.763. The summed E-state index contributed by atoms with van der Waals surface area (Å²) in [4.78, 5) is 13.5. The molecule has 5 heteroatoms. The van der Waals surface area contributed by atoms with Gasteiger partial charge in [-0.15, -0.1) is 0 Å². The molecule has 2 aromatic carbocycles. The molecule has 1 aliphatic carbocycles. The van der Waals surface area contributed by atoms with E-state index < -0.39 is 0 Å². The highest BCUT2D eigenvalue weighted by molar-refractivity contribution is 6.13. The summed E-state index contributed by atoms with van der Waals surface area (Å²) in [5.74, 6) is 1.63. The first-order valence-electron chi connectivity index (χ1n) is 10.2. The second-order valence-electron chi connectivity index (χ2n) is 8.14. The zero-order valence-electron chi connectivity index (χ0n) is 17.3.